The second-order valence-electron chi connectivity index (χ2n) is 6.71. The van der Waals surface area contributed by atoms with Gasteiger partial charge in [0.2, 0.25) is 15.9 Å². The molecule has 0 aliphatic carbocycles. The van der Waals surface area contributed by atoms with Crippen molar-refractivity contribution in [3.63, 3.8) is 0 Å². The number of amides is 1. The Bertz CT molecular complexity index is 925. The average molecular weight is 407 g/mol. The van der Waals surface area contributed by atoms with Gasteiger partial charge in [0.25, 0.3) is 0 Å². The SMILES string of the molecule is CSc1ccc(S(=O)(=O)N[C@@H](C)c2ccccc2C)cc1NC(=O)C(C)C. The summed E-state index contributed by atoms with van der Waals surface area (Å²) in [4.78, 5) is 13.0. The number of sulfonamides is 1. The van der Waals surface area contributed by atoms with E-state index in [-0.39, 0.29) is 22.8 Å². The number of anilines is 1. The van der Waals surface area contributed by atoms with E-state index in [0.717, 1.165) is 16.0 Å². The highest BCUT2D eigenvalue weighted by Gasteiger charge is 2.21. The van der Waals surface area contributed by atoms with E-state index in [9.17, 15) is 13.2 Å². The fourth-order valence-electron chi connectivity index (χ4n) is 2.67. The third-order valence-electron chi connectivity index (χ3n) is 4.25. The number of hydrogen-bond donors (Lipinski definition) is 2. The molecule has 0 saturated heterocycles. The maximum Gasteiger partial charge on any atom is 0.241 e. The first kappa shape index (κ1) is 21.5. The molecule has 146 valence electrons. The summed E-state index contributed by atoms with van der Waals surface area (Å²) in [6.45, 7) is 7.35. The molecular formula is C20H26N2O3S2. The van der Waals surface area contributed by atoms with Crippen molar-refractivity contribution in [2.24, 2.45) is 5.92 Å². The highest BCUT2D eigenvalue weighted by atomic mass is 32.2. The lowest BCUT2D eigenvalue weighted by molar-refractivity contribution is -0.118. The molecule has 0 aliphatic rings. The molecule has 0 bridgehead atoms. The third-order valence-corrected chi connectivity index (χ3v) is 6.58. The highest BCUT2D eigenvalue weighted by Crippen LogP contribution is 2.29. The lowest BCUT2D eigenvalue weighted by Gasteiger charge is -2.18. The van der Waals surface area contributed by atoms with Crippen LogP contribution in [-0.4, -0.2) is 20.6 Å². The lowest BCUT2D eigenvalue weighted by atomic mass is 10.0. The van der Waals surface area contributed by atoms with E-state index in [0.29, 0.717) is 5.69 Å². The van der Waals surface area contributed by atoms with Gasteiger partial charge in [-0.15, -0.1) is 11.8 Å². The minimum Gasteiger partial charge on any atom is -0.325 e. The number of aryl methyl sites for hydroxylation is 1. The molecule has 1 amide bonds. The number of benzene rings is 2. The Morgan fingerprint density at radius 3 is 2.33 bits per heavy atom. The van der Waals surface area contributed by atoms with Crippen LogP contribution in [0.2, 0.25) is 0 Å². The number of hydrogen-bond acceptors (Lipinski definition) is 4. The van der Waals surface area contributed by atoms with Crippen molar-refractivity contribution in [2.75, 3.05) is 11.6 Å². The van der Waals surface area contributed by atoms with Crippen LogP contribution in [0.15, 0.2) is 52.3 Å². The van der Waals surface area contributed by atoms with Gasteiger partial charge in [-0.1, -0.05) is 38.1 Å². The summed E-state index contributed by atoms with van der Waals surface area (Å²) in [5, 5.41) is 2.82. The molecule has 7 heteroatoms. The van der Waals surface area contributed by atoms with Crippen molar-refractivity contribution >= 4 is 33.4 Å². The van der Waals surface area contributed by atoms with E-state index in [2.05, 4.69) is 10.0 Å². The van der Waals surface area contributed by atoms with E-state index in [1.165, 1.54) is 17.8 Å². The first-order valence-electron chi connectivity index (χ1n) is 8.72. The van der Waals surface area contributed by atoms with Crippen LogP contribution >= 0.6 is 11.8 Å². The smallest absolute Gasteiger partial charge is 0.241 e. The zero-order valence-electron chi connectivity index (χ0n) is 16.2. The number of carbonyl (C=O) groups excluding carboxylic acids is 1. The van der Waals surface area contributed by atoms with Crippen molar-refractivity contribution < 1.29 is 13.2 Å². The molecule has 0 aromatic heterocycles. The Morgan fingerprint density at radius 1 is 1.07 bits per heavy atom. The predicted molar refractivity (Wildman–Crippen MR) is 112 cm³/mol. The normalized spacial score (nSPS) is 12.8. The molecule has 0 aliphatic heterocycles. The lowest BCUT2D eigenvalue weighted by Crippen LogP contribution is -2.27. The first-order valence-corrected chi connectivity index (χ1v) is 11.4. The molecular weight excluding hydrogens is 380 g/mol. The largest absolute Gasteiger partial charge is 0.325 e. The summed E-state index contributed by atoms with van der Waals surface area (Å²) >= 11 is 1.45. The first-order chi connectivity index (χ1) is 12.7. The maximum absolute atomic E-state index is 12.9. The van der Waals surface area contributed by atoms with Gasteiger partial charge in [0.1, 0.15) is 0 Å². The van der Waals surface area contributed by atoms with Crippen LogP contribution in [-0.2, 0) is 14.8 Å². The van der Waals surface area contributed by atoms with E-state index in [4.69, 9.17) is 0 Å². The highest BCUT2D eigenvalue weighted by molar-refractivity contribution is 7.98. The van der Waals surface area contributed by atoms with Gasteiger partial charge >= 0.3 is 0 Å². The fourth-order valence-corrected chi connectivity index (χ4v) is 4.45. The molecule has 0 spiro atoms. The summed E-state index contributed by atoms with van der Waals surface area (Å²) < 4.78 is 28.5. The monoisotopic (exact) mass is 406 g/mol. The van der Waals surface area contributed by atoms with Crippen molar-refractivity contribution in [1.82, 2.24) is 4.72 Å². The molecule has 2 aromatic carbocycles. The molecule has 2 N–H and O–H groups in total. The molecule has 2 rings (SSSR count). The molecule has 5 nitrogen and oxygen atoms in total. The fraction of sp³-hybridized carbons (Fsp3) is 0.350. The standard InChI is InChI=1S/C20H26N2O3S2/c1-13(2)20(23)21-18-12-16(10-11-19(18)26-5)27(24,25)22-15(4)17-9-7-6-8-14(17)3/h6-13,15,22H,1-5H3,(H,21,23)/t15-/m0/s1. The molecule has 0 fully saturated rings. The zero-order chi connectivity index (χ0) is 20.2. The molecule has 27 heavy (non-hydrogen) atoms. The van der Waals surface area contributed by atoms with Gasteiger partial charge in [0.15, 0.2) is 0 Å². The van der Waals surface area contributed by atoms with Gasteiger partial charge in [-0.2, -0.15) is 0 Å². The zero-order valence-corrected chi connectivity index (χ0v) is 17.9. The van der Waals surface area contributed by atoms with Crippen LogP contribution in [0, 0.1) is 12.8 Å². The Labute approximate surface area is 166 Å². The minimum atomic E-state index is -3.74. The minimum absolute atomic E-state index is 0.125. The Morgan fingerprint density at radius 2 is 1.74 bits per heavy atom. The van der Waals surface area contributed by atoms with Crippen LogP contribution < -0.4 is 10.0 Å². The van der Waals surface area contributed by atoms with Crippen LogP contribution in [0.3, 0.4) is 0 Å². The molecule has 0 saturated carbocycles. The van der Waals surface area contributed by atoms with Gasteiger partial charge in [-0.05, 0) is 49.4 Å². The summed E-state index contributed by atoms with van der Waals surface area (Å²) in [6.07, 6.45) is 1.88. The number of nitrogens with one attached hydrogen (secondary N) is 2. The Balaban J connectivity index is 2.32. The van der Waals surface area contributed by atoms with Crippen molar-refractivity contribution in [2.45, 2.75) is 43.5 Å². The van der Waals surface area contributed by atoms with Gasteiger partial charge in [0, 0.05) is 16.9 Å². The van der Waals surface area contributed by atoms with Crippen LogP contribution in [0.4, 0.5) is 5.69 Å². The van der Waals surface area contributed by atoms with Gasteiger partial charge in [0.05, 0.1) is 10.6 Å². The van der Waals surface area contributed by atoms with E-state index in [1.54, 1.807) is 26.0 Å². The van der Waals surface area contributed by atoms with E-state index >= 15 is 0 Å². The maximum atomic E-state index is 12.9. The topological polar surface area (TPSA) is 75.3 Å². The quantitative estimate of drug-likeness (QED) is 0.670. The van der Waals surface area contributed by atoms with Crippen molar-refractivity contribution in [3.05, 3.63) is 53.6 Å². The van der Waals surface area contributed by atoms with Crippen LogP contribution in [0.25, 0.3) is 0 Å². The van der Waals surface area contributed by atoms with E-state index < -0.39 is 10.0 Å². The number of thioether (sulfide) groups is 1. The predicted octanol–water partition coefficient (Wildman–Crippen LogP) is 4.35. The Hall–Kier alpha value is -1.83. The summed E-state index contributed by atoms with van der Waals surface area (Å²) in [5.41, 5.74) is 2.46. The average Bonchev–Trinajstić information content (AvgIpc) is 2.61. The van der Waals surface area contributed by atoms with E-state index in [1.807, 2.05) is 44.4 Å². The second kappa shape index (κ2) is 8.91. The van der Waals surface area contributed by atoms with Gasteiger partial charge in [-0.25, -0.2) is 13.1 Å². The Kier molecular flexibility index (Phi) is 7.08. The van der Waals surface area contributed by atoms with Crippen LogP contribution in [0.5, 0.6) is 0 Å². The van der Waals surface area contributed by atoms with Gasteiger partial charge < -0.3 is 5.32 Å². The molecule has 2 aromatic rings. The second-order valence-corrected chi connectivity index (χ2v) is 9.27. The van der Waals surface area contributed by atoms with Gasteiger partial charge in [-0.3, -0.25) is 4.79 Å². The van der Waals surface area contributed by atoms with Crippen LogP contribution in [0.1, 0.15) is 37.9 Å². The summed E-state index contributed by atoms with van der Waals surface area (Å²) in [7, 11) is -3.74. The molecule has 0 unspecified atom stereocenters. The summed E-state index contributed by atoms with van der Waals surface area (Å²) in [5.74, 6) is -0.347. The molecule has 1 atom stereocenters. The molecule has 0 radical (unpaired) electrons. The third kappa shape index (κ3) is 5.34. The number of rotatable bonds is 7. The summed E-state index contributed by atoms with van der Waals surface area (Å²) in [6, 6.07) is 12.1. The van der Waals surface area contributed by atoms with Crippen molar-refractivity contribution in [1.29, 1.82) is 0 Å². The number of carbonyl (C=O) groups is 1. The van der Waals surface area contributed by atoms with Crippen molar-refractivity contribution in [3.8, 4) is 0 Å². The molecule has 0 heterocycles.